The van der Waals surface area contributed by atoms with E-state index in [1.807, 2.05) is 0 Å². The van der Waals surface area contributed by atoms with E-state index in [9.17, 15) is 4.79 Å². The van der Waals surface area contributed by atoms with Gasteiger partial charge < -0.3 is 9.47 Å². The van der Waals surface area contributed by atoms with E-state index in [2.05, 4.69) is 18.7 Å². The summed E-state index contributed by atoms with van der Waals surface area (Å²) in [6.07, 6.45) is 5.80. The Balaban J connectivity index is 1.80. The van der Waals surface area contributed by atoms with E-state index in [4.69, 9.17) is 9.47 Å². The molecule has 0 aromatic heterocycles. The lowest BCUT2D eigenvalue weighted by Gasteiger charge is -2.13. The monoisotopic (exact) mass is 194 g/mol. The molecule has 1 aliphatic carbocycles. The van der Waals surface area contributed by atoms with Gasteiger partial charge in [0.2, 0.25) is 0 Å². The second-order valence-electron chi connectivity index (χ2n) is 3.85. The quantitative estimate of drug-likeness (QED) is 0.295. The Morgan fingerprint density at radius 2 is 2.50 bits per heavy atom. The number of carbonyl (C=O) groups is 1. The third-order valence-corrected chi connectivity index (χ3v) is 2.55. The van der Waals surface area contributed by atoms with Crippen LogP contribution in [0.5, 0.6) is 0 Å². The number of carbonyl (C=O) groups excluding carboxylic acids is 1. The summed E-state index contributed by atoms with van der Waals surface area (Å²) in [7, 11) is 0. The van der Waals surface area contributed by atoms with E-state index in [1.165, 1.54) is 0 Å². The summed E-state index contributed by atoms with van der Waals surface area (Å²) in [5.74, 6) is -0.0850. The first-order valence-electron chi connectivity index (χ1n) is 4.83. The number of hydrogen-bond donors (Lipinski definition) is 0. The number of rotatable bonds is 3. The molecule has 2 rings (SSSR count). The lowest BCUT2D eigenvalue weighted by Crippen LogP contribution is -2.20. The van der Waals surface area contributed by atoms with E-state index < -0.39 is 0 Å². The van der Waals surface area contributed by atoms with Gasteiger partial charge in [0.25, 0.3) is 0 Å². The highest BCUT2D eigenvalue weighted by atomic mass is 16.6. The second-order valence-corrected chi connectivity index (χ2v) is 3.85. The van der Waals surface area contributed by atoms with Crippen molar-refractivity contribution < 1.29 is 14.3 Å². The van der Waals surface area contributed by atoms with Gasteiger partial charge in [0.1, 0.15) is 6.61 Å². The Bertz CT molecular complexity index is 293. The molecular formula is C11H14O3. The Hall–Kier alpha value is -1.09. The minimum absolute atomic E-state index is 0.233. The SMILES string of the molecule is C=C(C)C(=O)OCC1C=CCC2OC12. The van der Waals surface area contributed by atoms with Gasteiger partial charge in [-0.1, -0.05) is 18.7 Å². The summed E-state index contributed by atoms with van der Waals surface area (Å²) in [4.78, 5) is 11.1. The van der Waals surface area contributed by atoms with Crippen LogP contribution in [0.25, 0.3) is 0 Å². The smallest absolute Gasteiger partial charge is 0.333 e. The molecule has 1 heterocycles. The molecule has 0 aromatic carbocycles. The molecule has 0 radical (unpaired) electrons. The maximum Gasteiger partial charge on any atom is 0.333 e. The number of fused-ring (bicyclic) bond motifs is 1. The van der Waals surface area contributed by atoms with Crippen LogP contribution >= 0.6 is 0 Å². The first kappa shape index (κ1) is 9.46. The zero-order valence-electron chi connectivity index (χ0n) is 8.23. The number of ether oxygens (including phenoxy) is 2. The molecule has 1 saturated heterocycles. The van der Waals surface area contributed by atoms with Gasteiger partial charge in [-0.25, -0.2) is 4.79 Å². The van der Waals surface area contributed by atoms with E-state index in [0.29, 0.717) is 18.3 Å². The third kappa shape index (κ3) is 1.87. The minimum atomic E-state index is -0.318. The summed E-state index contributed by atoms with van der Waals surface area (Å²) in [5, 5.41) is 0. The Kier molecular flexibility index (Phi) is 2.42. The van der Waals surface area contributed by atoms with Crippen molar-refractivity contribution in [2.24, 2.45) is 5.92 Å². The Morgan fingerprint density at radius 3 is 3.21 bits per heavy atom. The number of esters is 1. The van der Waals surface area contributed by atoms with Crippen LogP contribution in [0.2, 0.25) is 0 Å². The standard InChI is InChI=1S/C11H14O3/c1-7(2)11(12)13-6-8-4-3-5-9-10(8)14-9/h3-4,8-10H,1,5-6H2,2H3. The van der Waals surface area contributed by atoms with E-state index in [-0.39, 0.29) is 18.0 Å². The molecule has 0 aromatic rings. The van der Waals surface area contributed by atoms with E-state index in [0.717, 1.165) is 6.42 Å². The molecule has 1 aliphatic heterocycles. The average molecular weight is 194 g/mol. The normalized spacial score (nSPS) is 33.4. The molecule has 3 unspecified atom stereocenters. The van der Waals surface area contributed by atoms with Gasteiger partial charge in [-0.3, -0.25) is 0 Å². The molecule has 1 fully saturated rings. The van der Waals surface area contributed by atoms with Crippen molar-refractivity contribution in [2.75, 3.05) is 6.61 Å². The first-order valence-corrected chi connectivity index (χ1v) is 4.83. The Labute approximate surface area is 83.4 Å². The Morgan fingerprint density at radius 1 is 1.71 bits per heavy atom. The molecule has 3 nitrogen and oxygen atoms in total. The molecule has 76 valence electrons. The maximum atomic E-state index is 11.1. The lowest BCUT2D eigenvalue weighted by atomic mass is 9.97. The maximum absolute atomic E-state index is 11.1. The van der Waals surface area contributed by atoms with Crippen LogP contribution in [0.15, 0.2) is 24.3 Å². The van der Waals surface area contributed by atoms with E-state index in [1.54, 1.807) is 6.92 Å². The molecule has 3 heteroatoms. The van der Waals surface area contributed by atoms with Crippen LogP contribution in [0.3, 0.4) is 0 Å². The molecule has 0 bridgehead atoms. The van der Waals surface area contributed by atoms with Crippen LogP contribution in [-0.4, -0.2) is 24.8 Å². The first-order chi connectivity index (χ1) is 6.68. The molecule has 3 atom stereocenters. The number of hydrogen-bond acceptors (Lipinski definition) is 3. The molecular weight excluding hydrogens is 180 g/mol. The zero-order chi connectivity index (χ0) is 10.1. The summed E-state index contributed by atoms with van der Waals surface area (Å²) in [6.45, 7) is 5.58. The average Bonchev–Trinajstić information content (AvgIpc) is 2.92. The van der Waals surface area contributed by atoms with Gasteiger partial charge in [-0.15, -0.1) is 0 Å². The van der Waals surface area contributed by atoms with Crippen LogP contribution in [0.4, 0.5) is 0 Å². The topological polar surface area (TPSA) is 38.8 Å². The highest BCUT2D eigenvalue weighted by molar-refractivity contribution is 5.86. The van der Waals surface area contributed by atoms with Crippen LogP contribution in [0, 0.1) is 5.92 Å². The van der Waals surface area contributed by atoms with E-state index >= 15 is 0 Å². The van der Waals surface area contributed by atoms with Gasteiger partial charge in [0.15, 0.2) is 0 Å². The summed E-state index contributed by atoms with van der Waals surface area (Å²) < 4.78 is 10.5. The summed E-state index contributed by atoms with van der Waals surface area (Å²) in [6, 6.07) is 0. The van der Waals surface area contributed by atoms with Crippen molar-refractivity contribution in [3.63, 3.8) is 0 Å². The zero-order valence-corrected chi connectivity index (χ0v) is 8.23. The van der Waals surface area contributed by atoms with Gasteiger partial charge >= 0.3 is 5.97 Å². The van der Waals surface area contributed by atoms with Gasteiger partial charge in [-0.05, 0) is 13.3 Å². The number of epoxide rings is 1. The van der Waals surface area contributed by atoms with Crippen LogP contribution < -0.4 is 0 Å². The molecule has 0 N–H and O–H groups in total. The van der Waals surface area contributed by atoms with Gasteiger partial charge in [0.05, 0.1) is 12.2 Å². The highest BCUT2D eigenvalue weighted by Gasteiger charge is 2.45. The summed E-state index contributed by atoms with van der Waals surface area (Å²) >= 11 is 0. The molecule has 0 amide bonds. The minimum Gasteiger partial charge on any atom is -0.462 e. The van der Waals surface area contributed by atoms with Gasteiger partial charge in [-0.2, -0.15) is 0 Å². The van der Waals surface area contributed by atoms with Crippen molar-refractivity contribution in [1.29, 1.82) is 0 Å². The molecule has 14 heavy (non-hydrogen) atoms. The van der Waals surface area contributed by atoms with Gasteiger partial charge in [0, 0.05) is 11.5 Å². The van der Waals surface area contributed by atoms with Crippen molar-refractivity contribution in [3.05, 3.63) is 24.3 Å². The lowest BCUT2D eigenvalue weighted by molar-refractivity contribution is -0.140. The van der Waals surface area contributed by atoms with Crippen molar-refractivity contribution in [1.82, 2.24) is 0 Å². The summed E-state index contributed by atoms with van der Waals surface area (Å²) in [5.41, 5.74) is 0.443. The molecule has 0 spiro atoms. The van der Waals surface area contributed by atoms with Crippen LogP contribution in [-0.2, 0) is 14.3 Å². The fraction of sp³-hybridized carbons (Fsp3) is 0.545. The van der Waals surface area contributed by atoms with Crippen molar-refractivity contribution >= 4 is 5.97 Å². The third-order valence-electron chi connectivity index (χ3n) is 2.55. The highest BCUT2D eigenvalue weighted by Crippen LogP contribution is 2.36. The largest absolute Gasteiger partial charge is 0.462 e. The second kappa shape index (κ2) is 3.58. The fourth-order valence-electron chi connectivity index (χ4n) is 1.67. The fourth-order valence-corrected chi connectivity index (χ4v) is 1.67. The molecule has 0 saturated carbocycles. The van der Waals surface area contributed by atoms with Crippen molar-refractivity contribution in [3.8, 4) is 0 Å². The predicted molar refractivity (Wildman–Crippen MR) is 51.7 cm³/mol. The van der Waals surface area contributed by atoms with Crippen LogP contribution in [0.1, 0.15) is 13.3 Å². The molecule has 2 aliphatic rings. The van der Waals surface area contributed by atoms with Crippen molar-refractivity contribution in [2.45, 2.75) is 25.6 Å². The predicted octanol–water partition coefficient (Wildman–Crippen LogP) is 1.45.